The number of unbranched alkanes of at least 4 members (excludes halogenated alkanes) is 3. The molecule has 1 heterocycles. The fourth-order valence-electron chi connectivity index (χ4n) is 3.77. The first kappa shape index (κ1) is 21.9. The Bertz CT molecular complexity index is 1070. The molecule has 3 rings (SSSR count). The van der Waals surface area contributed by atoms with Crippen molar-refractivity contribution >= 4 is 21.7 Å². The van der Waals surface area contributed by atoms with Gasteiger partial charge in [-0.15, -0.1) is 6.42 Å². The summed E-state index contributed by atoms with van der Waals surface area (Å²) < 4.78 is 27.9. The number of carboxylic acid groups (broad SMARTS) is 1. The van der Waals surface area contributed by atoms with E-state index in [9.17, 15) is 13.2 Å². The average molecular weight is 427 g/mol. The third-order valence-electron chi connectivity index (χ3n) is 5.38. The highest BCUT2D eigenvalue weighted by Gasteiger charge is 2.34. The molecular formula is C23H26N2O4S. The molecule has 0 spiro atoms. The van der Waals surface area contributed by atoms with Crippen LogP contribution in [0.4, 0.5) is 5.69 Å². The molecule has 7 heteroatoms. The minimum Gasteiger partial charge on any atom is -0.481 e. The van der Waals surface area contributed by atoms with E-state index in [1.165, 1.54) is 4.31 Å². The normalized spacial score (nSPS) is 16.8. The lowest BCUT2D eigenvalue weighted by Gasteiger charge is -2.22. The third-order valence-corrected chi connectivity index (χ3v) is 7.21. The summed E-state index contributed by atoms with van der Waals surface area (Å²) in [6.07, 6.45) is 9.01. The molecule has 0 bridgehead atoms. The molecule has 30 heavy (non-hydrogen) atoms. The molecule has 0 fully saturated rings. The van der Waals surface area contributed by atoms with Gasteiger partial charge >= 0.3 is 5.97 Å². The summed E-state index contributed by atoms with van der Waals surface area (Å²) in [6.45, 7) is 0.687. The summed E-state index contributed by atoms with van der Waals surface area (Å²) in [7, 11) is -2.18. The lowest BCUT2D eigenvalue weighted by molar-refractivity contribution is -0.137. The standard InChI is InChI=1S/C23H26N2O4S/c1-3-17-13-14-19-21(16-17)30(28,29)25(2)20-11-8-7-10-18(20)23(19)24-15-9-5-4-6-12-22(26)27/h1,7-8,10-11,13-14,16,23-24H,4-6,9,12,15H2,2H3,(H,26,27). The minimum atomic E-state index is -3.74. The number of hydrogen-bond acceptors (Lipinski definition) is 4. The maximum absolute atomic E-state index is 13.3. The molecule has 1 atom stereocenters. The van der Waals surface area contributed by atoms with Crippen LogP contribution in [0, 0.1) is 12.3 Å². The van der Waals surface area contributed by atoms with Crippen molar-refractivity contribution in [3.63, 3.8) is 0 Å². The number of rotatable bonds is 8. The van der Waals surface area contributed by atoms with Gasteiger partial charge < -0.3 is 10.4 Å². The van der Waals surface area contributed by atoms with Crippen molar-refractivity contribution < 1.29 is 18.3 Å². The van der Waals surface area contributed by atoms with Crippen molar-refractivity contribution in [2.45, 2.75) is 43.0 Å². The van der Waals surface area contributed by atoms with Gasteiger partial charge in [0.1, 0.15) is 0 Å². The molecule has 158 valence electrons. The van der Waals surface area contributed by atoms with E-state index in [-0.39, 0.29) is 17.4 Å². The van der Waals surface area contributed by atoms with Gasteiger partial charge in [-0.1, -0.05) is 43.0 Å². The number of anilines is 1. The lowest BCUT2D eigenvalue weighted by atomic mass is 9.96. The van der Waals surface area contributed by atoms with Crippen LogP contribution in [0.25, 0.3) is 0 Å². The van der Waals surface area contributed by atoms with Gasteiger partial charge in [-0.2, -0.15) is 0 Å². The van der Waals surface area contributed by atoms with Gasteiger partial charge in [0, 0.05) is 19.0 Å². The number of para-hydroxylation sites is 1. The fourth-order valence-corrected chi connectivity index (χ4v) is 5.25. The third kappa shape index (κ3) is 4.50. The summed E-state index contributed by atoms with van der Waals surface area (Å²) in [5.74, 6) is 1.75. The van der Waals surface area contributed by atoms with Gasteiger partial charge in [0.2, 0.25) is 0 Å². The zero-order chi connectivity index (χ0) is 21.7. The molecule has 0 radical (unpaired) electrons. The van der Waals surface area contributed by atoms with Crippen molar-refractivity contribution in [1.29, 1.82) is 0 Å². The fraction of sp³-hybridized carbons (Fsp3) is 0.348. The Hall–Kier alpha value is -2.82. The van der Waals surface area contributed by atoms with Crippen LogP contribution >= 0.6 is 0 Å². The number of benzene rings is 2. The van der Waals surface area contributed by atoms with E-state index in [1.54, 1.807) is 31.3 Å². The zero-order valence-corrected chi connectivity index (χ0v) is 17.8. The van der Waals surface area contributed by atoms with E-state index < -0.39 is 16.0 Å². The number of aliphatic carboxylic acids is 1. The molecule has 0 saturated heterocycles. The number of nitrogens with zero attached hydrogens (tertiary/aromatic N) is 1. The molecule has 2 aromatic carbocycles. The van der Waals surface area contributed by atoms with Crippen molar-refractivity contribution in [1.82, 2.24) is 5.32 Å². The highest BCUT2D eigenvalue weighted by molar-refractivity contribution is 7.92. The zero-order valence-electron chi connectivity index (χ0n) is 17.0. The van der Waals surface area contributed by atoms with Crippen LogP contribution in [-0.2, 0) is 14.8 Å². The highest BCUT2D eigenvalue weighted by atomic mass is 32.2. The summed E-state index contributed by atoms with van der Waals surface area (Å²) in [5.41, 5.74) is 2.72. The molecule has 0 aromatic heterocycles. The van der Waals surface area contributed by atoms with Crippen molar-refractivity contribution in [2.75, 3.05) is 17.9 Å². The molecule has 0 amide bonds. The number of carboxylic acids is 1. The number of fused-ring (bicyclic) bond motifs is 2. The number of nitrogens with one attached hydrogen (secondary N) is 1. The largest absolute Gasteiger partial charge is 0.481 e. The van der Waals surface area contributed by atoms with E-state index in [0.717, 1.165) is 24.8 Å². The maximum atomic E-state index is 13.3. The van der Waals surface area contributed by atoms with E-state index in [2.05, 4.69) is 11.2 Å². The quantitative estimate of drug-likeness (QED) is 0.498. The number of terminal acetylenes is 1. The first-order valence-electron chi connectivity index (χ1n) is 10.00. The monoisotopic (exact) mass is 426 g/mol. The van der Waals surface area contributed by atoms with Crippen molar-refractivity contribution in [2.24, 2.45) is 0 Å². The minimum absolute atomic E-state index is 0.193. The average Bonchev–Trinajstić information content (AvgIpc) is 2.80. The van der Waals surface area contributed by atoms with Crippen molar-refractivity contribution in [3.05, 3.63) is 59.2 Å². The van der Waals surface area contributed by atoms with Gasteiger partial charge in [0.15, 0.2) is 0 Å². The van der Waals surface area contributed by atoms with E-state index in [4.69, 9.17) is 11.5 Å². The van der Waals surface area contributed by atoms with Crippen LogP contribution in [0.3, 0.4) is 0 Å². The summed E-state index contributed by atoms with van der Waals surface area (Å²) in [5, 5.41) is 12.2. The van der Waals surface area contributed by atoms with Gasteiger partial charge in [-0.05, 0) is 48.7 Å². The molecule has 1 unspecified atom stereocenters. The Morgan fingerprint density at radius 3 is 2.60 bits per heavy atom. The van der Waals surface area contributed by atoms with E-state index in [1.807, 2.05) is 18.2 Å². The molecule has 1 aliphatic rings. The second kappa shape index (κ2) is 9.33. The van der Waals surface area contributed by atoms with Crippen LogP contribution in [0.1, 0.15) is 54.8 Å². The molecule has 6 nitrogen and oxygen atoms in total. The van der Waals surface area contributed by atoms with Crippen molar-refractivity contribution in [3.8, 4) is 12.3 Å². The molecule has 2 aromatic rings. The van der Waals surface area contributed by atoms with Crippen LogP contribution in [0.2, 0.25) is 0 Å². The number of hydrogen-bond donors (Lipinski definition) is 2. The Balaban J connectivity index is 1.88. The van der Waals surface area contributed by atoms with E-state index >= 15 is 0 Å². The van der Waals surface area contributed by atoms with Gasteiger partial charge in [0.05, 0.1) is 16.6 Å². The van der Waals surface area contributed by atoms with Gasteiger partial charge in [-0.25, -0.2) is 8.42 Å². The smallest absolute Gasteiger partial charge is 0.303 e. The van der Waals surface area contributed by atoms with Crippen LogP contribution in [0.15, 0.2) is 47.4 Å². The maximum Gasteiger partial charge on any atom is 0.303 e. The summed E-state index contributed by atoms with van der Waals surface area (Å²) in [6, 6.07) is 12.3. The highest BCUT2D eigenvalue weighted by Crippen LogP contribution is 2.40. The van der Waals surface area contributed by atoms with Crippen LogP contribution in [0.5, 0.6) is 0 Å². The Morgan fingerprint density at radius 1 is 1.13 bits per heavy atom. The van der Waals surface area contributed by atoms with Crippen LogP contribution in [-0.4, -0.2) is 33.1 Å². The molecule has 0 aliphatic carbocycles. The van der Waals surface area contributed by atoms with Crippen LogP contribution < -0.4 is 9.62 Å². The Kier molecular flexibility index (Phi) is 6.80. The van der Waals surface area contributed by atoms with Gasteiger partial charge in [-0.3, -0.25) is 9.10 Å². The second-order valence-electron chi connectivity index (χ2n) is 7.37. The Labute approximate surface area is 178 Å². The second-order valence-corrected chi connectivity index (χ2v) is 9.31. The number of carbonyl (C=O) groups is 1. The summed E-state index contributed by atoms with van der Waals surface area (Å²) in [4.78, 5) is 10.8. The molecular weight excluding hydrogens is 400 g/mol. The first-order chi connectivity index (χ1) is 14.4. The Morgan fingerprint density at radius 2 is 1.87 bits per heavy atom. The molecule has 0 saturated carbocycles. The topological polar surface area (TPSA) is 86.7 Å². The number of sulfonamides is 1. The summed E-state index contributed by atoms with van der Waals surface area (Å²) >= 11 is 0. The molecule has 1 aliphatic heterocycles. The predicted octanol–water partition coefficient (Wildman–Crippen LogP) is 3.52. The van der Waals surface area contributed by atoms with Gasteiger partial charge in [0.25, 0.3) is 10.0 Å². The molecule has 2 N–H and O–H groups in total. The van der Waals surface area contributed by atoms with E-state index in [0.29, 0.717) is 29.8 Å². The lowest BCUT2D eigenvalue weighted by Crippen LogP contribution is -2.26. The SMILES string of the molecule is C#Cc1ccc2c(c1)S(=O)(=O)N(C)c1ccccc1C2NCCCCCCC(=O)O. The predicted molar refractivity (Wildman–Crippen MR) is 117 cm³/mol. The first-order valence-corrected chi connectivity index (χ1v) is 11.4.